The summed E-state index contributed by atoms with van der Waals surface area (Å²) in [5.41, 5.74) is 7.31. The molecule has 0 amide bonds. The molecule has 2 N–H and O–H groups in total. The predicted octanol–water partition coefficient (Wildman–Crippen LogP) is 3.22. The first-order valence-corrected chi connectivity index (χ1v) is 8.53. The van der Waals surface area contributed by atoms with E-state index in [2.05, 4.69) is 24.0 Å². The van der Waals surface area contributed by atoms with E-state index in [1.807, 2.05) is 19.9 Å². The lowest BCUT2D eigenvalue weighted by Crippen LogP contribution is -2.40. The van der Waals surface area contributed by atoms with Crippen molar-refractivity contribution in [1.29, 1.82) is 0 Å². The summed E-state index contributed by atoms with van der Waals surface area (Å²) in [4.78, 5) is 2.51. The van der Waals surface area contributed by atoms with Crippen LogP contribution in [0.4, 0.5) is 0 Å². The van der Waals surface area contributed by atoms with E-state index in [9.17, 15) is 0 Å². The van der Waals surface area contributed by atoms with Crippen LogP contribution in [-0.2, 0) is 0 Å². The maximum atomic E-state index is 6.09. The topological polar surface area (TPSA) is 47.7 Å². The average Bonchev–Trinajstić information content (AvgIpc) is 2.51. The lowest BCUT2D eigenvalue weighted by atomic mass is 9.96. The largest absolute Gasteiger partial charge is 0.490 e. The number of likely N-dealkylation sites (tertiary alicyclic amines) is 1. The smallest absolute Gasteiger partial charge is 0.161 e. The molecule has 0 radical (unpaired) electrons. The minimum atomic E-state index is 0.262. The molecule has 1 aliphatic rings. The number of nitrogens with zero attached hydrogens (tertiary/aromatic N) is 1. The first-order valence-electron chi connectivity index (χ1n) is 8.53. The van der Waals surface area contributed by atoms with Crippen molar-refractivity contribution in [3.63, 3.8) is 0 Å². The first-order chi connectivity index (χ1) is 10.7. The van der Waals surface area contributed by atoms with Gasteiger partial charge in [-0.05, 0) is 56.8 Å². The number of benzene rings is 1. The van der Waals surface area contributed by atoms with Gasteiger partial charge in [-0.2, -0.15) is 0 Å². The van der Waals surface area contributed by atoms with Crippen molar-refractivity contribution in [3.8, 4) is 11.5 Å². The molecular formula is C18H30N2O2. The van der Waals surface area contributed by atoms with Crippen molar-refractivity contribution in [3.05, 3.63) is 23.8 Å². The van der Waals surface area contributed by atoms with Gasteiger partial charge in [0.1, 0.15) is 0 Å². The van der Waals surface area contributed by atoms with E-state index in [0.29, 0.717) is 19.8 Å². The summed E-state index contributed by atoms with van der Waals surface area (Å²) in [7, 11) is 0. The van der Waals surface area contributed by atoms with E-state index >= 15 is 0 Å². The minimum Gasteiger partial charge on any atom is -0.490 e. The molecule has 1 heterocycles. The van der Waals surface area contributed by atoms with Gasteiger partial charge in [0.25, 0.3) is 0 Å². The molecule has 2 rings (SSSR count). The van der Waals surface area contributed by atoms with E-state index in [-0.39, 0.29) is 6.04 Å². The fourth-order valence-corrected chi connectivity index (χ4v) is 3.28. The van der Waals surface area contributed by atoms with Crippen molar-refractivity contribution in [2.75, 3.05) is 32.8 Å². The van der Waals surface area contributed by atoms with Crippen molar-refractivity contribution < 1.29 is 9.47 Å². The van der Waals surface area contributed by atoms with Crippen LogP contribution in [0.1, 0.15) is 45.2 Å². The summed E-state index contributed by atoms with van der Waals surface area (Å²) < 4.78 is 11.4. The van der Waals surface area contributed by atoms with Crippen LogP contribution in [0.25, 0.3) is 0 Å². The number of rotatable bonds is 7. The van der Waals surface area contributed by atoms with Crippen LogP contribution >= 0.6 is 0 Å². The van der Waals surface area contributed by atoms with Crippen LogP contribution in [0.15, 0.2) is 18.2 Å². The van der Waals surface area contributed by atoms with Gasteiger partial charge in [-0.15, -0.1) is 0 Å². The Morgan fingerprint density at radius 2 is 1.95 bits per heavy atom. The van der Waals surface area contributed by atoms with Crippen LogP contribution in [0, 0.1) is 5.92 Å². The van der Waals surface area contributed by atoms with Crippen LogP contribution < -0.4 is 15.2 Å². The fraction of sp³-hybridized carbons (Fsp3) is 0.667. The van der Waals surface area contributed by atoms with Gasteiger partial charge in [-0.25, -0.2) is 0 Å². The van der Waals surface area contributed by atoms with Crippen molar-refractivity contribution in [2.45, 2.75) is 39.7 Å². The monoisotopic (exact) mass is 306 g/mol. The zero-order valence-corrected chi connectivity index (χ0v) is 14.2. The second-order valence-corrected chi connectivity index (χ2v) is 6.07. The molecule has 1 fully saturated rings. The highest BCUT2D eigenvalue weighted by molar-refractivity contribution is 5.44. The molecule has 1 saturated heterocycles. The van der Waals surface area contributed by atoms with Gasteiger partial charge in [0, 0.05) is 19.1 Å². The van der Waals surface area contributed by atoms with Crippen LogP contribution in [0.5, 0.6) is 11.5 Å². The van der Waals surface area contributed by atoms with Gasteiger partial charge < -0.3 is 15.2 Å². The summed E-state index contributed by atoms with van der Waals surface area (Å²) in [5, 5.41) is 0. The van der Waals surface area contributed by atoms with E-state index in [1.165, 1.54) is 18.4 Å². The van der Waals surface area contributed by atoms with Crippen molar-refractivity contribution in [2.24, 2.45) is 11.7 Å². The van der Waals surface area contributed by atoms with Crippen LogP contribution in [-0.4, -0.2) is 37.7 Å². The Morgan fingerprint density at radius 3 is 2.59 bits per heavy atom. The maximum Gasteiger partial charge on any atom is 0.161 e. The Hall–Kier alpha value is -1.26. The molecule has 4 nitrogen and oxygen atoms in total. The molecule has 1 aromatic carbocycles. The Bertz CT molecular complexity index is 464. The molecule has 0 aliphatic carbocycles. The molecule has 0 spiro atoms. The molecule has 4 heteroatoms. The molecule has 124 valence electrons. The number of ether oxygens (including phenoxy) is 2. The quantitative estimate of drug-likeness (QED) is 0.840. The van der Waals surface area contributed by atoms with Crippen molar-refractivity contribution in [1.82, 2.24) is 4.90 Å². The Kier molecular flexibility index (Phi) is 6.52. The maximum absolute atomic E-state index is 6.09. The van der Waals surface area contributed by atoms with Crippen LogP contribution in [0.3, 0.4) is 0 Å². The normalized spacial score (nSPS) is 20.6. The summed E-state index contributed by atoms with van der Waals surface area (Å²) in [6.45, 7) is 10.5. The lowest BCUT2D eigenvalue weighted by molar-refractivity contribution is 0.133. The SMILES string of the molecule is CCOc1ccc(C(CN)N2CCCC(C)C2)cc1OCC. The Morgan fingerprint density at radius 1 is 1.23 bits per heavy atom. The second kappa shape index (κ2) is 8.39. The molecule has 1 aliphatic heterocycles. The van der Waals surface area contributed by atoms with E-state index < -0.39 is 0 Å². The van der Waals surface area contributed by atoms with Crippen molar-refractivity contribution >= 4 is 0 Å². The summed E-state index contributed by atoms with van der Waals surface area (Å²) >= 11 is 0. The molecule has 0 bridgehead atoms. The Labute approximate surface area is 134 Å². The molecule has 22 heavy (non-hydrogen) atoms. The number of piperidine rings is 1. The third kappa shape index (κ3) is 4.14. The number of nitrogens with two attached hydrogens (primary N) is 1. The molecule has 0 saturated carbocycles. The summed E-state index contributed by atoms with van der Waals surface area (Å²) in [6, 6.07) is 6.51. The highest BCUT2D eigenvalue weighted by atomic mass is 16.5. The summed E-state index contributed by atoms with van der Waals surface area (Å²) in [5.74, 6) is 2.39. The lowest BCUT2D eigenvalue weighted by Gasteiger charge is -2.37. The van der Waals surface area contributed by atoms with E-state index in [0.717, 1.165) is 30.5 Å². The zero-order chi connectivity index (χ0) is 15.9. The molecule has 0 aromatic heterocycles. The first kappa shape index (κ1) is 17.1. The van der Waals surface area contributed by atoms with Gasteiger partial charge in [-0.3, -0.25) is 4.90 Å². The molecule has 2 atom stereocenters. The molecular weight excluding hydrogens is 276 g/mol. The van der Waals surface area contributed by atoms with Crippen LogP contribution in [0.2, 0.25) is 0 Å². The van der Waals surface area contributed by atoms with Gasteiger partial charge in [0.2, 0.25) is 0 Å². The third-order valence-corrected chi connectivity index (χ3v) is 4.30. The standard InChI is InChI=1S/C18H30N2O2/c1-4-21-17-9-8-15(11-18(17)22-5-2)16(12-19)20-10-6-7-14(3)13-20/h8-9,11,14,16H,4-7,10,12-13,19H2,1-3H3. The average molecular weight is 306 g/mol. The van der Waals surface area contributed by atoms with E-state index in [1.54, 1.807) is 0 Å². The second-order valence-electron chi connectivity index (χ2n) is 6.07. The fourth-order valence-electron chi connectivity index (χ4n) is 3.28. The summed E-state index contributed by atoms with van der Waals surface area (Å²) in [6.07, 6.45) is 2.58. The highest BCUT2D eigenvalue weighted by Crippen LogP contribution is 2.33. The number of hydrogen-bond acceptors (Lipinski definition) is 4. The molecule has 1 aromatic rings. The minimum absolute atomic E-state index is 0.262. The predicted molar refractivity (Wildman–Crippen MR) is 90.5 cm³/mol. The van der Waals surface area contributed by atoms with Gasteiger partial charge >= 0.3 is 0 Å². The zero-order valence-electron chi connectivity index (χ0n) is 14.2. The Balaban J connectivity index is 2.22. The van der Waals surface area contributed by atoms with Gasteiger partial charge in [-0.1, -0.05) is 13.0 Å². The van der Waals surface area contributed by atoms with Gasteiger partial charge in [0.05, 0.1) is 13.2 Å². The van der Waals surface area contributed by atoms with E-state index in [4.69, 9.17) is 15.2 Å². The van der Waals surface area contributed by atoms with Gasteiger partial charge in [0.15, 0.2) is 11.5 Å². The highest BCUT2D eigenvalue weighted by Gasteiger charge is 2.25. The number of hydrogen-bond donors (Lipinski definition) is 1. The third-order valence-electron chi connectivity index (χ3n) is 4.30. The molecule has 2 unspecified atom stereocenters.